The molecular formula is C10H11N5O3S. The van der Waals surface area contributed by atoms with Crippen LogP contribution in [0.3, 0.4) is 0 Å². The van der Waals surface area contributed by atoms with Crippen molar-refractivity contribution >= 4 is 23.3 Å². The van der Waals surface area contributed by atoms with Gasteiger partial charge in [0, 0.05) is 6.07 Å². The summed E-state index contributed by atoms with van der Waals surface area (Å²) in [5, 5.41) is 11.4. The Morgan fingerprint density at radius 1 is 1.42 bits per heavy atom. The highest BCUT2D eigenvalue weighted by Gasteiger charge is 2.20. The molecule has 0 aromatic carbocycles. The summed E-state index contributed by atoms with van der Waals surface area (Å²) in [5.41, 5.74) is 2.94. The first-order chi connectivity index (χ1) is 9.01. The first-order valence-electron chi connectivity index (χ1n) is 5.25. The predicted octanol–water partition coefficient (Wildman–Crippen LogP) is 2.03. The maximum absolute atomic E-state index is 10.9. The van der Waals surface area contributed by atoms with Crippen molar-refractivity contribution in [3.05, 3.63) is 33.7 Å². The zero-order valence-electron chi connectivity index (χ0n) is 10.2. The third-order valence-corrected chi connectivity index (χ3v) is 3.22. The second-order valence-electron chi connectivity index (χ2n) is 3.65. The van der Waals surface area contributed by atoms with E-state index in [0.717, 1.165) is 17.5 Å². The molecule has 0 fully saturated rings. The molecule has 0 saturated heterocycles. The Bertz CT molecular complexity index is 608. The zero-order chi connectivity index (χ0) is 14.0. The Morgan fingerprint density at radius 3 is 2.68 bits per heavy atom. The van der Waals surface area contributed by atoms with Crippen LogP contribution in [0.5, 0.6) is 0 Å². The molecule has 0 atom stereocenters. The van der Waals surface area contributed by atoms with Crippen molar-refractivity contribution in [1.82, 2.24) is 9.97 Å². The summed E-state index contributed by atoms with van der Waals surface area (Å²) in [7, 11) is 0. The number of rotatable bonds is 4. The van der Waals surface area contributed by atoms with Crippen molar-refractivity contribution in [2.45, 2.75) is 24.1 Å². The van der Waals surface area contributed by atoms with E-state index < -0.39 is 4.92 Å². The van der Waals surface area contributed by atoms with E-state index in [4.69, 9.17) is 10.3 Å². The second kappa shape index (κ2) is 5.24. The van der Waals surface area contributed by atoms with Gasteiger partial charge in [-0.3, -0.25) is 10.1 Å². The molecule has 0 spiro atoms. The lowest BCUT2D eigenvalue weighted by atomic mass is 10.4. The SMILES string of the molecule is Cc1nc(Sc2nc(NN)ccc2[N+](=O)[O-])oc1C. The van der Waals surface area contributed by atoms with Crippen molar-refractivity contribution < 1.29 is 9.34 Å². The van der Waals surface area contributed by atoms with E-state index in [1.165, 1.54) is 12.1 Å². The minimum atomic E-state index is -0.516. The first-order valence-corrected chi connectivity index (χ1v) is 6.07. The van der Waals surface area contributed by atoms with E-state index in [9.17, 15) is 10.1 Å². The standard InChI is InChI=1S/C10H11N5O3S/c1-5-6(2)18-10(12-5)19-9-7(15(16)17)3-4-8(13-9)14-11/h3-4H,11H2,1-2H3,(H,13,14). The number of anilines is 1. The van der Waals surface area contributed by atoms with Gasteiger partial charge in [0.15, 0.2) is 5.03 Å². The topological polar surface area (TPSA) is 120 Å². The molecular weight excluding hydrogens is 270 g/mol. The van der Waals surface area contributed by atoms with Gasteiger partial charge in [-0.05, 0) is 31.7 Å². The highest BCUT2D eigenvalue weighted by atomic mass is 32.2. The fraction of sp³-hybridized carbons (Fsp3) is 0.200. The van der Waals surface area contributed by atoms with Crippen molar-refractivity contribution in [1.29, 1.82) is 0 Å². The number of nitrogens with two attached hydrogens (primary N) is 1. The molecule has 0 unspecified atom stereocenters. The lowest BCUT2D eigenvalue weighted by Gasteiger charge is -2.02. The molecule has 3 N–H and O–H groups in total. The number of nitrogen functional groups attached to an aromatic ring is 1. The number of oxazole rings is 1. The highest BCUT2D eigenvalue weighted by molar-refractivity contribution is 7.99. The number of hydrazine groups is 1. The number of aromatic nitrogens is 2. The van der Waals surface area contributed by atoms with Crippen molar-refractivity contribution in [3.8, 4) is 0 Å². The van der Waals surface area contributed by atoms with Crippen LogP contribution >= 0.6 is 11.8 Å². The molecule has 0 aliphatic rings. The molecule has 0 bridgehead atoms. The minimum Gasteiger partial charge on any atom is -0.436 e. The van der Waals surface area contributed by atoms with Gasteiger partial charge >= 0.3 is 5.69 Å². The van der Waals surface area contributed by atoms with Gasteiger partial charge in [0.25, 0.3) is 5.22 Å². The van der Waals surface area contributed by atoms with E-state index in [1.54, 1.807) is 13.8 Å². The summed E-state index contributed by atoms with van der Waals surface area (Å²) in [6.45, 7) is 3.56. The number of aryl methyl sites for hydroxylation is 2. The predicted molar refractivity (Wildman–Crippen MR) is 68.8 cm³/mol. The fourth-order valence-electron chi connectivity index (χ4n) is 1.30. The summed E-state index contributed by atoms with van der Waals surface area (Å²) in [6.07, 6.45) is 0. The Labute approximate surface area is 112 Å². The molecule has 2 aromatic heterocycles. The van der Waals surface area contributed by atoms with Crippen LogP contribution in [0.2, 0.25) is 0 Å². The van der Waals surface area contributed by atoms with Crippen LogP contribution in [0.1, 0.15) is 11.5 Å². The largest absolute Gasteiger partial charge is 0.436 e. The van der Waals surface area contributed by atoms with Gasteiger partial charge in [0.1, 0.15) is 11.6 Å². The van der Waals surface area contributed by atoms with Crippen LogP contribution in [-0.4, -0.2) is 14.9 Å². The van der Waals surface area contributed by atoms with Crippen molar-refractivity contribution in [2.75, 3.05) is 5.43 Å². The molecule has 8 nitrogen and oxygen atoms in total. The van der Waals surface area contributed by atoms with Gasteiger partial charge in [-0.2, -0.15) is 0 Å². The Hall–Kier alpha value is -2.13. The molecule has 2 aromatic rings. The van der Waals surface area contributed by atoms with Crippen LogP contribution in [0, 0.1) is 24.0 Å². The van der Waals surface area contributed by atoms with E-state index in [0.29, 0.717) is 16.8 Å². The Morgan fingerprint density at radius 2 is 2.16 bits per heavy atom. The number of hydrogen-bond acceptors (Lipinski definition) is 8. The third-order valence-electron chi connectivity index (χ3n) is 2.38. The summed E-state index contributed by atoms with van der Waals surface area (Å²) in [6, 6.07) is 2.75. The highest BCUT2D eigenvalue weighted by Crippen LogP contribution is 2.34. The van der Waals surface area contributed by atoms with Crippen molar-refractivity contribution in [2.24, 2.45) is 5.84 Å². The van der Waals surface area contributed by atoms with E-state index in [2.05, 4.69) is 15.4 Å². The maximum Gasteiger partial charge on any atom is 0.302 e. The normalized spacial score (nSPS) is 10.5. The average Bonchev–Trinajstić information content (AvgIpc) is 2.67. The van der Waals surface area contributed by atoms with E-state index >= 15 is 0 Å². The average molecular weight is 281 g/mol. The van der Waals surface area contributed by atoms with Crippen molar-refractivity contribution in [3.63, 3.8) is 0 Å². The Balaban J connectivity index is 2.39. The van der Waals surface area contributed by atoms with Crippen LogP contribution in [0.25, 0.3) is 0 Å². The summed E-state index contributed by atoms with van der Waals surface area (Å²) < 4.78 is 5.36. The van der Waals surface area contributed by atoms with Gasteiger partial charge in [0.2, 0.25) is 0 Å². The monoisotopic (exact) mass is 281 g/mol. The van der Waals surface area contributed by atoms with E-state index in [1.807, 2.05) is 0 Å². The van der Waals surface area contributed by atoms with Gasteiger partial charge in [-0.25, -0.2) is 15.8 Å². The molecule has 0 aliphatic carbocycles. The fourth-order valence-corrected chi connectivity index (χ4v) is 2.20. The molecule has 0 amide bonds. The lowest BCUT2D eigenvalue weighted by molar-refractivity contribution is -0.388. The van der Waals surface area contributed by atoms with Gasteiger partial charge in [-0.15, -0.1) is 0 Å². The molecule has 0 radical (unpaired) electrons. The molecule has 0 aliphatic heterocycles. The van der Waals surface area contributed by atoms with Gasteiger partial charge in [0.05, 0.1) is 10.6 Å². The number of nitrogens with zero attached hydrogens (tertiary/aromatic N) is 3. The van der Waals surface area contributed by atoms with Crippen LogP contribution in [-0.2, 0) is 0 Å². The molecule has 100 valence electrons. The molecule has 2 rings (SSSR count). The number of nitro groups is 1. The number of nitrogens with one attached hydrogen (secondary N) is 1. The quantitative estimate of drug-likeness (QED) is 0.496. The smallest absolute Gasteiger partial charge is 0.302 e. The molecule has 9 heteroatoms. The molecule has 0 saturated carbocycles. The second-order valence-corrected chi connectivity index (χ2v) is 4.59. The Kier molecular flexibility index (Phi) is 3.67. The maximum atomic E-state index is 10.9. The third kappa shape index (κ3) is 2.83. The van der Waals surface area contributed by atoms with Crippen LogP contribution < -0.4 is 11.3 Å². The van der Waals surface area contributed by atoms with Crippen LogP contribution in [0.4, 0.5) is 11.5 Å². The zero-order valence-corrected chi connectivity index (χ0v) is 11.0. The number of hydrogen-bond donors (Lipinski definition) is 2. The van der Waals surface area contributed by atoms with Gasteiger partial charge < -0.3 is 9.84 Å². The number of pyridine rings is 1. The first kappa shape index (κ1) is 13.3. The molecule has 19 heavy (non-hydrogen) atoms. The summed E-state index contributed by atoms with van der Waals surface area (Å²) in [5.74, 6) is 6.23. The molecule has 2 heterocycles. The van der Waals surface area contributed by atoms with Crippen LogP contribution in [0.15, 0.2) is 26.8 Å². The minimum absolute atomic E-state index is 0.127. The summed E-state index contributed by atoms with van der Waals surface area (Å²) in [4.78, 5) is 18.6. The van der Waals surface area contributed by atoms with Gasteiger partial charge in [-0.1, -0.05) is 0 Å². The lowest BCUT2D eigenvalue weighted by Crippen LogP contribution is -2.09. The van der Waals surface area contributed by atoms with E-state index in [-0.39, 0.29) is 10.7 Å². The summed E-state index contributed by atoms with van der Waals surface area (Å²) >= 11 is 0.981.